The van der Waals surface area contributed by atoms with E-state index in [-0.39, 0.29) is 0 Å². The molecule has 0 atom stereocenters. The van der Waals surface area contributed by atoms with E-state index in [2.05, 4.69) is 21.9 Å². The van der Waals surface area contributed by atoms with Gasteiger partial charge in [0, 0.05) is 43.2 Å². The van der Waals surface area contributed by atoms with Crippen molar-refractivity contribution in [1.82, 2.24) is 0 Å². The third-order valence-corrected chi connectivity index (χ3v) is 2.02. The minimum absolute atomic E-state index is 0.430. The first-order valence-electron chi connectivity index (χ1n) is 5.01. The van der Waals surface area contributed by atoms with Crippen LogP contribution in [0.5, 0.6) is 0 Å². The van der Waals surface area contributed by atoms with Gasteiger partial charge in [-0.25, -0.2) is 0 Å². The highest BCUT2D eigenvalue weighted by Gasteiger charge is 1.92. The van der Waals surface area contributed by atoms with Crippen molar-refractivity contribution in [2.75, 3.05) is 25.5 Å². The summed E-state index contributed by atoms with van der Waals surface area (Å²) in [7, 11) is 4.00. The van der Waals surface area contributed by atoms with Gasteiger partial charge in [-0.05, 0) is 29.8 Å². The molecule has 1 aromatic carbocycles. The van der Waals surface area contributed by atoms with E-state index < -0.39 is 0 Å². The number of anilines is 1. The van der Waals surface area contributed by atoms with Crippen LogP contribution in [0.3, 0.4) is 0 Å². The molecule has 0 bridgehead atoms. The van der Waals surface area contributed by atoms with Gasteiger partial charge >= 0.3 is 0 Å². The molecule has 0 saturated heterocycles. The molecule has 0 aliphatic heterocycles. The van der Waals surface area contributed by atoms with Crippen LogP contribution in [-0.2, 0) is 0 Å². The number of azide groups is 1. The van der Waals surface area contributed by atoms with Crippen molar-refractivity contribution >= 4 is 5.69 Å². The van der Waals surface area contributed by atoms with Crippen LogP contribution in [-0.4, -0.2) is 20.6 Å². The van der Waals surface area contributed by atoms with Gasteiger partial charge in [-0.3, -0.25) is 0 Å². The fraction of sp³-hybridized carbons (Fsp3) is 0.333. The molecule has 0 unspecified atom stereocenters. The Hall–Kier alpha value is -2.11. The van der Waals surface area contributed by atoms with Gasteiger partial charge in [0.05, 0.1) is 0 Å². The zero-order chi connectivity index (χ0) is 11.8. The molecular weight excluding hydrogens is 200 g/mol. The van der Waals surface area contributed by atoms with E-state index in [4.69, 9.17) is 5.53 Å². The van der Waals surface area contributed by atoms with Crippen LogP contribution in [0.4, 0.5) is 5.69 Å². The second kappa shape index (κ2) is 6.39. The maximum absolute atomic E-state index is 8.07. The maximum atomic E-state index is 8.07. The average molecular weight is 214 g/mol. The number of benzene rings is 1. The van der Waals surface area contributed by atoms with Gasteiger partial charge in [0.25, 0.3) is 0 Å². The first-order chi connectivity index (χ1) is 7.74. The molecule has 1 rings (SSSR count). The molecule has 0 fully saturated rings. The summed E-state index contributed by atoms with van der Waals surface area (Å²) in [6, 6.07) is 8.01. The molecule has 1 aromatic rings. The lowest BCUT2D eigenvalue weighted by molar-refractivity contribution is 1.01. The summed E-state index contributed by atoms with van der Waals surface area (Å²) >= 11 is 0. The van der Waals surface area contributed by atoms with Crippen LogP contribution < -0.4 is 4.90 Å². The van der Waals surface area contributed by atoms with E-state index in [0.717, 1.165) is 11.3 Å². The summed E-state index contributed by atoms with van der Waals surface area (Å²) in [5.41, 5.74) is 10.2. The second-order valence-corrected chi connectivity index (χ2v) is 3.45. The van der Waals surface area contributed by atoms with Crippen LogP contribution in [0, 0.1) is 11.8 Å². The molecule has 0 aliphatic carbocycles. The van der Waals surface area contributed by atoms with Crippen LogP contribution in [0.2, 0.25) is 0 Å². The third kappa shape index (κ3) is 3.95. The minimum atomic E-state index is 0.430. The standard InChI is InChI=1S/C12H14N4/c1-16(2)12-8-6-11(7-9-12)5-3-4-10-14-15-13/h6-9H,4,10H2,1-2H3. The highest BCUT2D eigenvalue weighted by atomic mass is 15.1. The first kappa shape index (κ1) is 12.0. The molecule has 0 aliphatic rings. The van der Waals surface area contributed by atoms with Gasteiger partial charge in [0.2, 0.25) is 0 Å². The third-order valence-electron chi connectivity index (χ3n) is 2.02. The van der Waals surface area contributed by atoms with Crippen molar-refractivity contribution in [2.24, 2.45) is 5.11 Å². The number of rotatable bonds is 3. The molecule has 4 heteroatoms. The largest absolute Gasteiger partial charge is 0.378 e. The molecule has 0 spiro atoms. The lowest BCUT2D eigenvalue weighted by atomic mass is 10.2. The quantitative estimate of drug-likeness (QED) is 0.251. The first-order valence-corrected chi connectivity index (χ1v) is 5.01. The number of nitrogens with zero attached hydrogens (tertiary/aromatic N) is 4. The summed E-state index contributed by atoms with van der Waals surface area (Å²) in [6.07, 6.45) is 0.597. The Labute approximate surface area is 95.5 Å². The van der Waals surface area contributed by atoms with Gasteiger partial charge in [-0.15, -0.1) is 0 Å². The molecule has 82 valence electrons. The molecule has 0 amide bonds. The lowest BCUT2D eigenvalue weighted by Gasteiger charge is -2.11. The Morgan fingerprint density at radius 1 is 1.31 bits per heavy atom. The minimum Gasteiger partial charge on any atom is -0.378 e. The molecule has 16 heavy (non-hydrogen) atoms. The van der Waals surface area contributed by atoms with E-state index in [9.17, 15) is 0 Å². The highest BCUT2D eigenvalue weighted by Crippen LogP contribution is 2.11. The second-order valence-electron chi connectivity index (χ2n) is 3.45. The van der Waals surface area contributed by atoms with Gasteiger partial charge in [-0.2, -0.15) is 0 Å². The van der Waals surface area contributed by atoms with Crippen molar-refractivity contribution < 1.29 is 0 Å². The van der Waals surface area contributed by atoms with E-state index in [1.807, 2.05) is 43.3 Å². The predicted octanol–water partition coefficient (Wildman–Crippen LogP) is 2.80. The summed E-state index contributed by atoms with van der Waals surface area (Å²) < 4.78 is 0. The SMILES string of the molecule is CN(C)c1ccc(C#CCCN=[N+]=[N-])cc1. The van der Waals surface area contributed by atoms with Crippen LogP contribution >= 0.6 is 0 Å². The molecule has 0 heterocycles. The van der Waals surface area contributed by atoms with Crippen molar-refractivity contribution in [2.45, 2.75) is 6.42 Å². The topological polar surface area (TPSA) is 52.0 Å². The van der Waals surface area contributed by atoms with Gasteiger partial charge in [-0.1, -0.05) is 17.0 Å². The van der Waals surface area contributed by atoms with E-state index in [1.165, 1.54) is 0 Å². The molecule has 4 nitrogen and oxygen atoms in total. The maximum Gasteiger partial charge on any atom is 0.0367 e. The zero-order valence-electron chi connectivity index (χ0n) is 9.51. The van der Waals surface area contributed by atoms with Crippen LogP contribution in [0.25, 0.3) is 10.4 Å². The van der Waals surface area contributed by atoms with E-state index in [0.29, 0.717) is 13.0 Å². The monoisotopic (exact) mass is 214 g/mol. The molecular formula is C12H14N4. The normalized spacial score (nSPS) is 8.62. The van der Waals surface area contributed by atoms with E-state index >= 15 is 0 Å². The van der Waals surface area contributed by atoms with Gasteiger partial charge in [0.1, 0.15) is 0 Å². The fourth-order valence-corrected chi connectivity index (χ4v) is 1.16. The smallest absolute Gasteiger partial charge is 0.0367 e. The van der Waals surface area contributed by atoms with Crippen molar-refractivity contribution in [1.29, 1.82) is 0 Å². The Morgan fingerprint density at radius 2 is 2.00 bits per heavy atom. The summed E-state index contributed by atoms with van der Waals surface area (Å²) in [4.78, 5) is 4.70. The summed E-state index contributed by atoms with van der Waals surface area (Å²) in [6.45, 7) is 0.430. The van der Waals surface area contributed by atoms with Crippen LogP contribution in [0.1, 0.15) is 12.0 Å². The zero-order valence-corrected chi connectivity index (χ0v) is 9.51. The number of hydrogen-bond acceptors (Lipinski definition) is 2. The number of hydrogen-bond donors (Lipinski definition) is 0. The lowest BCUT2D eigenvalue weighted by Crippen LogP contribution is -2.07. The van der Waals surface area contributed by atoms with Crippen molar-refractivity contribution in [3.05, 3.63) is 40.3 Å². The Balaban J connectivity index is 2.57. The summed E-state index contributed by atoms with van der Waals surface area (Å²) in [5, 5.41) is 3.41. The Bertz CT molecular complexity index is 430. The highest BCUT2D eigenvalue weighted by molar-refractivity contribution is 5.49. The summed E-state index contributed by atoms with van der Waals surface area (Å²) in [5.74, 6) is 5.97. The molecule has 0 N–H and O–H groups in total. The Morgan fingerprint density at radius 3 is 2.56 bits per heavy atom. The van der Waals surface area contributed by atoms with E-state index in [1.54, 1.807) is 0 Å². The van der Waals surface area contributed by atoms with Crippen molar-refractivity contribution in [3.63, 3.8) is 0 Å². The van der Waals surface area contributed by atoms with Crippen molar-refractivity contribution in [3.8, 4) is 11.8 Å². The predicted molar refractivity (Wildman–Crippen MR) is 66.3 cm³/mol. The Kier molecular flexibility index (Phi) is 4.78. The average Bonchev–Trinajstić information content (AvgIpc) is 2.29. The fourth-order valence-electron chi connectivity index (χ4n) is 1.16. The van der Waals surface area contributed by atoms with Crippen LogP contribution in [0.15, 0.2) is 29.4 Å². The molecule has 0 saturated carbocycles. The molecule has 0 aromatic heterocycles. The molecule has 0 radical (unpaired) electrons. The van der Waals surface area contributed by atoms with Gasteiger partial charge < -0.3 is 4.90 Å². The van der Waals surface area contributed by atoms with Gasteiger partial charge in [0.15, 0.2) is 0 Å².